The summed E-state index contributed by atoms with van der Waals surface area (Å²) in [4.78, 5) is 25.1. The number of ether oxygens (including phenoxy) is 1. The summed E-state index contributed by atoms with van der Waals surface area (Å²) in [5.41, 5.74) is 6.72. The van der Waals surface area contributed by atoms with Gasteiger partial charge in [-0.25, -0.2) is 4.68 Å². The van der Waals surface area contributed by atoms with Gasteiger partial charge in [-0.1, -0.05) is 11.3 Å². The number of aromatic nitrogens is 3. The third-order valence-corrected chi connectivity index (χ3v) is 4.81. The molecule has 1 aromatic carbocycles. The van der Waals surface area contributed by atoms with E-state index in [0.717, 1.165) is 19.3 Å². The second-order valence-electron chi connectivity index (χ2n) is 6.72. The second-order valence-corrected chi connectivity index (χ2v) is 6.72. The quantitative estimate of drug-likeness (QED) is 0.408. The molecule has 1 aliphatic rings. The van der Waals surface area contributed by atoms with E-state index in [2.05, 4.69) is 10.3 Å². The average Bonchev–Trinajstić information content (AvgIpc) is 3.09. The lowest BCUT2D eigenvalue weighted by Crippen LogP contribution is -2.41. The van der Waals surface area contributed by atoms with Crippen LogP contribution in [0.4, 0.5) is 5.69 Å². The normalized spacial score (nSPS) is 14.5. The van der Waals surface area contributed by atoms with Crippen LogP contribution < -0.4 is 5.73 Å². The van der Waals surface area contributed by atoms with Crippen LogP contribution in [0.3, 0.4) is 0 Å². The SMILES string of the molecule is Cc1c(C(=O)N2CCC(OCCCN)CC2)nnn1-c1cccc([N+](=O)[O-])c1.Cl. The van der Waals surface area contributed by atoms with E-state index in [-0.39, 0.29) is 35.8 Å². The Morgan fingerprint density at radius 1 is 1.38 bits per heavy atom. The fraction of sp³-hybridized carbons (Fsp3) is 0.500. The molecule has 0 unspecified atom stereocenters. The Hall–Kier alpha value is -2.56. The zero-order valence-electron chi connectivity index (χ0n) is 16.2. The number of nitrogens with zero attached hydrogens (tertiary/aromatic N) is 5. The minimum Gasteiger partial charge on any atom is -0.378 e. The van der Waals surface area contributed by atoms with Gasteiger partial charge in [-0.3, -0.25) is 14.9 Å². The maximum absolute atomic E-state index is 12.9. The number of hydrogen-bond acceptors (Lipinski definition) is 7. The molecule has 3 rings (SSSR count). The number of hydrogen-bond donors (Lipinski definition) is 1. The predicted octanol–water partition coefficient (Wildman–Crippen LogP) is 1.88. The summed E-state index contributed by atoms with van der Waals surface area (Å²) >= 11 is 0. The van der Waals surface area contributed by atoms with Gasteiger partial charge in [0.1, 0.15) is 0 Å². The average molecular weight is 425 g/mol. The lowest BCUT2D eigenvalue weighted by molar-refractivity contribution is -0.384. The number of piperidine rings is 1. The lowest BCUT2D eigenvalue weighted by atomic mass is 10.1. The number of carbonyl (C=O) groups is 1. The molecule has 0 radical (unpaired) electrons. The van der Waals surface area contributed by atoms with E-state index in [1.165, 1.54) is 16.8 Å². The van der Waals surface area contributed by atoms with E-state index in [4.69, 9.17) is 10.5 Å². The third kappa shape index (κ3) is 5.28. The zero-order chi connectivity index (χ0) is 20.1. The van der Waals surface area contributed by atoms with Gasteiger partial charge in [-0.2, -0.15) is 0 Å². The van der Waals surface area contributed by atoms with Crippen molar-refractivity contribution in [2.45, 2.75) is 32.3 Å². The highest BCUT2D eigenvalue weighted by atomic mass is 35.5. The van der Waals surface area contributed by atoms with Crippen molar-refractivity contribution in [3.63, 3.8) is 0 Å². The predicted molar refractivity (Wildman–Crippen MR) is 109 cm³/mol. The first-order valence-electron chi connectivity index (χ1n) is 9.29. The number of amides is 1. The van der Waals surface area contributed by atoms with Gasteiger partial charge in [0, 0.05) is 31.8 Å². The molecule has 2 N–H and O–H groups in total. The van der Waals surface area contributed by atoms with E-state index in [0.29, 0.717) is 37.6 Å². The van der Waals surface area contributed by atoms with Crippen LogP contribution >= 0.6 is 12.4 Å². The Morgan fingerprint density at radius 3 is 2.76 bits per heavy atom. The number of rotatable bonds is 7. The van der Waals surface area contributed by atoms with Crippen molar-refractivity contribution in [3.05, 3.63) is 45.8 Å². The summed E-state index contributed by atoms with van der Waals surface area (Å²) in [6, 6.07) is 6.07. The molecule has 1 saturated heterocycles. The Balaban J connectivity index is 0.00000300. The van der Waals surface area contributed by atoms with Gasteiger partial charge >= 0.3 is 0 Å². The smallest absolute Gasteiger partial charge is 0.276 e. The van der Waals surface area contributed by atoms with Gasteiger partial charge in [0.25, 0.3) is 11.6 Å². The molecular formula is C18H25ClN6O4. The second kappa shape index (κ2) is 10.3. The van der Waals surface area contributed by atoms with Crippen molar-refractivity contribution in [2.75, 3.05) is 26.2 Å². The monoisotopic (exact) mass is 424 g/mol. The van der Waals surface area contributed by atoms with Crippen LogP contribution in [-0.4, -0.2) is 63.1 Å². The van der Waals surface area contributed by atoms with Crippen LogP contribution in [-0.2, 0) is 4.74 Å². The van der Waals surface area contributed by atoms with Crippen molar-refractivity contribution in [2.24, 2.45) is 5.73 Å². The summed E-state index contributed by atoms with van der Waals surface area (Å²) in [5.74, 6) is -0.186. The van der Waals surface area contributed by atoms with Crippen molar-refractivity contribution in [3.8, 4) is 5.69 Å². The number of nitrogens with two attached hydrogens (primary N) is 1. The fourth-order valence-corrected chi connectivity index (χ4v) is 3.22. The van der Waals surface area contributed by atoms with E-state index < -0.39 is 4.92 Å². The molecule has 0 saturated carbocycles. The largest absolute Gasteiger partial charge is 0.378 e. The van der Waals surface area contributed by atoms with Crippen molar-refractivity contribution < 1.29 is 14.5 Å². The van der Waals surface area contributed by atoms with E-state index in [9.17, 15) is 14.9 Å². The van der Waals surface area contributed by atoms with Crippen LogP contribution in [0.2, 0.25) is 0 Å². The first-order valence-corrected chi connectivity index (χ1v) is 9.29. The van der Waals surface area contributed by atoms with Crippen LogP contribution in [0, 0.1) is 17.0 Å². The number of non-ortho nitro benzene ring substituents is 1. The number of nitro groups is 1. The summed E-state index contributed by atoms with van der Waals surface area (Å²) < 4.78 is 7.22. The lowest BCUT2D eigenvalue weighted by Gasteiger charge is -2.31. The molecule has 158 valence electrons. The minimum absolute atomic E-state index is 0. The molecule has 0 aliphatic carbocycles. The Morgan fingerprint density at radius 2 is 2.10 bits per heavy atom. The molecule has 1 aliphatic heterocycles. The first-order chi connectivity index (χ1) is 13.5. The molecule has 11 heteroatoms. The fourth-order valence-electron chi connectivity index (χ4n) is 3.22. The van der Waals surface area contributed by atoms with Gasteiger partial charge < -0.3 is 15.4 Å². The summed E-state index contributed by atoms with van der Waals surface area (Å²) in [5, 5.41) is 19.0. The maximum atomic E-state index is 12.9. The number of nitro benzene ring substituents is 1. The molecule has 1 fully saturated rings. The highest BCUT2D eigenvalue weighted by Crippen LogP contribution is 2.21. The highest BCUT2D eigenvalue weighted by Gasteiger charge is 2.27. The van der Waals surface area contributed by atoms with Crippen molar-refractivity contribution in [1.29, 1.82) is 0 Å². The summed E-state index contributed by atoms with van der Waals surface area (Å²) in [6.45, 7) is 4.17. The molecule has 0 bridgehead atoms. The molecule has 0 spiro atoms. The molecule has 0 atom stereocenters. The van der Waals surface area contributed by atoms with Gasteiger partial charge in [0.15, 0.2) is 5.69 Å². The molecule has 1 aromatic heterocycles. The number of halogens is 1. The van der Waals surface area contributed by atoms with E-state index in [1.54, 1.807) is 24.0 Å². The van der Waals surface area contributed by atoms with E-state index >= 15 is 0 Å². The summed E-state index contributed by atoms with van der Waals surface area (Å²) in [7, 11) is 0. The molecule has 1 amide bonds. The first kappa shape index (κ1) is 22.7. The van der Waals surface area contributed by atoms with Crippen molar-refractivity contribution >= 4 is 24.0 Å². The minimum atomic E-state index is -0.471. The topological polar surface area (TPSA) is 129 Å². The van der Waals surface area contributed by atoms with Gasteiger partial charge in [0.2, 0.25) is 0 Å². The molecule has 10 nitrogen and oxygen atoms in total. The Kier molecular flexibility index (Phi) is 8.06. The molecule has 2 aromatic rings. The number of likely N-dealkylation sites (tertiary alicyclic amines) is 1. The van der Waals surface area contributed by atoms with E-state index in [1.807, 2.05) is 0 Å². The third-order valence-electron chi connectivity index (χ3n) is 4.81. The zero-order valence-corrected chi connectivity index (χ0v) is 17.0. The summed E-state index contributed by atoms with van der Waals surface area (Å²) in [6.07, 6.45) is 2.53. The van der Waals surface area contributed by atoms with Gasteiger partial charge in [0.05, 0.1) is 22.4 Å². The van der Waals surface area contributed by atoms with Crippen LogP contribution in [0.1, 0.15) is 35.4 Å². The van der Waals surface area contributed by atoms with Gasteiger partial charge in [-0.15, -0.1) is 17.5 Å². The van der Waals surface area contributed by atoms with Crippen molar-refractivity contribution in [1.82, 2.24) is 19.9 Å². The van der Waals surface area contributed by atoms with Crippen LogP contribution in [0.15, 0.2) is 24.3 Å². The number of carbonyl (C=O) groups excluding carboxylic acids is 1. The Bertz CT molecular complexity index is 851. The number of benzene rings is 1. The highest BCUT2D eigenvalue weighted by molar-refractivity contribution is 5.93. The van der Waals surface area contributed by atoms with Crippen LogP contribution in [0.25, 0.3) is 5.69 Å². The van der Waals surface area contributed by atoms with Crippen LogP contribution in [0.5, 0.6) is 0 Å². The standard InChI is InChI=1S/C18H24N6O4.ClH/c1-13-17(18(25)22-9-6-16(7-10-22)28-11-3-8-19)20-21-23(13)14-4-2-5-15(12-14)24(26)27;/h2,4-5,12,16H,3,6-11,19H2,1H3;1H. The molecule has 29 heavy (non-hydrogen) atoms. The maximum Gasteiger partial charge on any atom is 0.276 e. The Labute approximate surface area is 174 Å². The molecule has 2 heterocycles. The van der Waals surface area contributed by atoms with Gasteiger partial charge in [-0.05, 0) is 38.8 Å². The molecular weight excluding hydrogens is 400 g/mol.